The maximum absolute atomic E-state index is 5.92. The van der Waals surface area contributed by atoms with Gasteiger partial charge in [-0.05, 0) is 30.8 Å². The van der Waals surface area contributed by atoms with Gasteiger partial charge in [-0.15, -0.1) is 0 Å². The van der Waals surface area contributed by atoms with Crippen LogP contribution in [0.4, 0.5) is 0 Å². The van der Waals surface area contributed by atoms with Crippen molar-refractivity contribution in [1.29, 1.82) is 0 Å². The zero-order valence-corrected chi connectivity index (χ0v) is 12.8. The Balaban J connectivity index is 4.20. The van der Waals surface area contributed by atoms with E-state index in [-0.39, 0.29) is 6.23 Å². The molecular formula is C12H29NO2Si. The second kappa shape index (κ2) is 6.74. The van der Waals surface area contributed by atoms with Gasteiger partial charge >= 0.3 is 8.56 Å². The quantitative estimate of drug-likeness (QED) is 0.555. The summed E-state index contributed by atoms with van der Waals surface area (Å²) in [5.74, 6) is 0. The van der Waals surface area contributed by atoms with Gasteiger partial charge in [0.05, 0.1) is 6.23 Å². The minimum Gasteiger partial charge on any atom is -0.398 e. The summed E-state index contributed by atoms with van der Waals surface area (Å²) in [6, 6.07) is 1.00. The van der Waals surface area contributed by atoms with Crippen LogP contribution in [0.25, 0.3) is 0 Å². The molecule has 0 spiro atoms. The van der Waals surface area contributed by atoms with E-state index < -0.39 is 8.56 Å². The van der Waals surface area contributed by atoms with Gasteiger partial charge in [-0.25, -0.2) is 0 Å². The van der Waals surface area contributed by atoms with Crippen LogP contribution >= 0.6 is 0 Å². The Morgan fingerprint density at radius 1 is 1.31 bits per heavy atom. The fraction of sp³-hybridized carbons (Fsp3) is 1.00. The molecule has 3 nitrogen and oxygen atoms in total. The lowest BCUT2D eigenvalue weighted by atomic mass is 9.94. The van der Waals surface area contributed by atoms with Crippen LogP contribution in [0.5, 0.6) is 0 Å². The number of nitrogens with two attached hydrogens (primary N) is 1. The van der Waals surface area contributed by atoms with Crippen LogP contribution in [0, 0.1) is 5.41 Å². The molecule has 2 N–H and O–H groups in total. The molecule has 0 aromatic rings. The van der Waals surface area contributed by atoms with Crippen molar-refractivity contribution in [3.05, 3.63) is 0 Å². The summed E-state index contributed by atoms with van der Waals surface area (Å²) in [6.07, 6.45) is 2.90. The highest BCUT2D eigenvalue weighted by molar-refractivity contribution is 6.66. The molecule has 2 atom stereocenters. The second-order valence-corrected chi connectivity index (χ2v) is 9.26. The molecular weight excluding hydrogens is 218 g/mol. The SMILES string of the molecule is CCCC(N)O[Si](C)(CCC(C)(C)C)OC. The molecule has 0 aromatic heterocycles. The maximum atomic E-state index is 5.92. The molecule has 16 heavy (non-hydrogen) atoms. The average molecular weight is 247 g/mol. The van der Waals surface area contributed by atoms with Gasteiger partial charge in [0.1, 0.15) is 0 Å². The Morgan fingerprint density at radius 3 is 2.25 bits per heavy atom. The molecule has 0 aliphatic rings. The van der Waals surface area contributed by atoms with E-state index in [1.165, 1.54) is 0 Å². The van der Waals surface area contributed by atoms with Crippen molar-refractivity contribution in [3.63, 3.8) is 0 Å². The highest BCUT2D eigenvalue weighted by atomic mass is 28.4. The number of rotatable bonds is 7. The lowest BCUT2D eigenvalue weighted by Gasteiger charge is -2.31. The minimum atomic E-state index is -2.06. The fourth-order valence-corrected chi connectivity index (χ4v) is 3.86. The summed E-state index contributed by atoms with van der Waals surface area (Å²) < 4.78 is 11.5. The van der Waals surface area contributed by atoms with Gasteiger partial charge in [0, 0.05) is 7.11 Å². The summed E-state index contributed by atoms with van der Waals surface area (Å²) in [5.41, 5.74) is 6.24. The van der Waals surface area contributed by atoms with E-state index in [2.05, 4.69) is 34.2 Å². The van der Waals surface area contributed by atoms with E-state index in [0.717, 1.165) is 25.3 Å². The Bertz CT molecular complexity index is 194. The maximum Gasteiger partial charge on any atom is 0.335 e. The highest BCUT2D eigenvalue weighted by Crippen LogP contribution is 2.27. The Kier molecular flexibility index (Phi) is 6.78. The van der Waals surface area contributed by atoms with Crippen LogP contribution < -0.4 is 5.73 Å². The standard InChI is InChI=1S/C12H29NO2Si/c1-7-8-11(13)15-16(6,14-5)10-9-12(2,3)4/h11H,7-10,13H2,1-6H3. The molecule has 0 aliphatic carbocycles. The van der Waals surface area contributed by atoms with Gasteiger partial charge < -0.3 is 14.6 Å². The molecule has 0 saturated carbocycles. The van der Waals surface area contributed by atoms with Crippen molar-refractivity contribution in [2.24, 2.45) is 11.1 Å². The molecule has 0 heterocycles. The van der Waals surface area contributed by atoms with Crippen LogP contribution in [0.1, 0.15) is 47.0 Å². The first-order valence-electron chi connectivity index (χ1n) is 6.21. The Labute approximate surface area is 102 Å². The largest absolute Gasteiger partial charge is 0.398 e. The Morgan fingerprint density at radius 2 is 1.88 bits per heavy atom. The molecule has 2 unspecified atom stereocenters. The van der Waals surface area contributed by atoms with Crippen molar-refractivity contribution in [3.8, 4) is 0 Å². The summed E-state index contributed by atoms with van der Waals surface area (Å²) in [6.45, 7) is 10.9. The minimum absolute atomic E-state index is 0.165. The molecule has 0 radical (unpaired) electrons. The molecule has 4 heteroatoms. The molecule has 0 bridgehead atoms. The topological polar surface area (TPSA) is 44.5 Å². The zero-order chi connectivity index (χ0) is 12.8. The second-order valence-electron chi connectivity index (χ2n) is 5.84. The molecule has 0 rings (SSSR count). The molecule has 0 aromatic carbocycles. The first kappa shape index (κ1) is 16.1. The van der Waals surface area contributed by atoms with Crippen LogP contribution in [0.2, 0.25) is 12.6 Å². The van der Waals surface area contributed by atoms with Crippen molar-refractivity contribution < 1.29 is 8.85 Å². The third-order valence-electron chi connectivity index (χ3n) is 2.73. The summed E-state index contributed by atoms with van der Waals surface area (Å²) >= 11 is 0. The van der Waals surface area contributed by atoms with Gasteiger partial charge in [0.25, 0.3) is 0 Å². The van der Waals surface area contributed by atoms with Crippen molar-refractivity contribution in [2.75, 3.05) is 7.11 Å². The lowest BCUT2D eigenvalue weighted by molar-refractivity contribution is 0.126. The van der Waals surface area contributed by atoms with E-state index in [0.29, 0.717) is 5.41 Å². The van der Waals surface area contributed by atoms with Crippen LogP contribution in [0.3, 0.4) is 0 Å². The normalized spacial score (nSPS) is 18.2. The molecule has 98 valence electrons. The highest BCUT2D eigenvalue weighted by Gasteiger charge is 2.33. The van der Waals surface area contributed by atoms with Gasteiger partial charge in [-0.2, -0.15) is 0 Å². The first-order chi connectivity index (χ1) is 7.22. The molecule has 0 fully saturated rings. The average Bonchev–Trinajstić information content (AvgIpc) is 2.14. The third-order valence-corrected chi connectivity index (χ3v) is 5.56. The van der Waals surface area contributed by atoms with Crippen LogP contribution in [-0.2, 0) is 8.85 Å². The summed E-state index contributed by atoms with van der Waals surface area (Å²) in [4.78, 5) is 0. The predicted octanol–water partition coefficient (Wildman–Crippen LogP) is 3.24. The van der Waals surface area contributed by atoms with Crippen molar-refractivity contribution >= 4 is 8.56 Å². The van der Waals surface area contributed by atoms with Gasteiger partial charge in [-0.3, -0.25) is 0 Å². The van der Waals surface area contributed by atoms with Gasteiger partial charge in [0.15, 0.2) is 0 Å². The van der Waals surface area contributed by atoms with E-state index in [9.17, 15) is 0 Å². The van der Waals surface area contributed by atoms with Crippen LogP contribution in [0.15, 0.2) is 0 Å². The van der Waals surface area contributed by atoms with Gasteiger partial charge in [0.2, 0.25) is 0 Å². The summed E-state index contributed by atoms with van der Waals surface area (Å²) in [7, 11) is -0.315. The van der Waals surface area contributed by atoms with Crippen molar-refractivity contribution in [2.45, 2.75) is 65.8 Å². The van der Waals surface area contributed by atoms with E-state index >= 15 is 0 Å². The van der Waals surface area contributed by atoms with E-state index in [1.807, 2.05) is 0 Å². The van der Waals surface area contributed by atoms with Crippen LogP contribution in [-0.4, -0.2) is 21.9 Å². The van der Waals surface area contributed by atoms with E-state index in [4.69, 9.17) is 14.6 Å². The molecule has 0 aliphatic heterocycles. The zero-order valence-electron chi connectivity index (χ0n) is 11.8. The van der Waals surface area contributed by atoms with Gasteiger partial charge in [-0.1, -0.05) is 34.1 Å². The number of hydrogen-bond donors (Lipinski definition) is 1. The molecule has 0 amide bonds. The van der Waals surface area contributed by atoms with E-state index in [1.54, 1.807) is 7.11 Å². The fourth-order valence-electron chi connectivity index (χ4n) is 1.47. The smallest absolute Gasteiger partial charge is 0.335 e. The monoisotopic (exact) mass is 247 g/mol. The lowest BCUT2D eigenvalue weighted by Crippen LogP contribution is -2.44. The predicted molar refractivity (Wildman–Crippen MR) is 71.5 cm³/mol. The Hall–Kier alpha value is 0.0969. The third kappa shape index (κ3) is 7.38. The summed E-state index contributed by atoms with van der Waals surface area (Å²) in [5, 5.41) is 0. The van der Waals surface area contributed by atoms with Crippen molar-refractivity contribution in [1.82, 2.24) is 0 Å². The first-order valence-corrected chi connectivity index (χ1v) is 8.73. The molecule has 0 saturated heterocycles. The number of hydrogen-bond acceptors (Lipinski definition) is 3.